The molecule has 0 aromatic heterocycles. The third-order valence-corrected chi connectivity index (χ3v) is 3.22. The van der Waals surface area contributed by atoms with Crippen LogP contribution in [-0.4, -0.2) is 14.2 Å². The maximum absolute atomic E-state index is 4.99. The molecule has 0 saturated carbocycles. The van der Waals surface area contributed by atoms with Gasteiger partial charge in [0.2, 0.25) is 0 Å². The molecule has 17 heavy (non-hydrogen) atoms. The number of rotatable bonds is 2. The van der Waals surface area contributed by atoms with Gasteiger partial charge in [0, 0.05) is 9.13 Å². The van der Waals surface area contributed by atoms with Crippen LogP contribution >= 0.6 is 22.6 Å². The van der Waals surface area contributed by atoms with Crippen LogP contribution < -0.4 is 9.47 Å². The number of fused-ring (bicyclic) bond motifs is 1. The van der Waals surface area contributed by atoms with Gasteiger partial charge in [0.05, 0.1) is 14.2 Å². The summed E-state index contributed by atoms with van der Waals surface area (Å²) in [6.45, 7) is 0. The number of hydrogen-bond donors (Lipinski definition) is 0. The van der Waals surface area contributed by atoms with Crippen molar-refractivity contribution < 1.29 is 9.47 Å². The summed E-state index contributed by atoms with van der Waals surface area (Å²) in [7, 11) is 3.37. The topological polar surface area (TPSA) is 18.5 Å². The minimum absolute atomic E-state index is 0.918. The Morgan fingerprint density at radius 2 is 1.76 bits per heavy atom. The Morgan fingerprint density at radius 3 is 2.06 bits per heavy atom. The highest BCUT2D eigenvalue weighted by Gasteiger charge is 2.15. The number of halogens is 1. The first-order valence-corrected chi connectivity index (χ1v) is 6.30. The summed E-state index contributed by atoms with van der Waals surface area (Å²) in [4.78, 5) is 0. The first kappa shape index (κ1) is 12.2. The van der Waals surface area contributed by atoms with Gasteiger partial charge in [0.25, 0.3) is 0 Å². The number of benzene rings is 2. The highest BCUT2D eigenvalue weighted by Crippen LogP contribution is 2.42. The number of hydrogen-bond acceptors (Lipinski definition) is 2. The molecule has 0 saturated heterocycles. The van der Waals surface area contributed by atoms with E-state index in [0.29, 0.717) is 0 Å². The van der Waals surface area contributed by atoms with E-state index in [0.717, 1.165) is 11.5 Å². The fourth-order valence-corrected chi connectivity index (χ4v) is 2.03. The molecule has 88 valence electrons. The molecular weight excluding hydrogens is 327 g/mol. The summed E-state index contributed by atoms with van der Waals surface area (Å²) in [5.41, 5.74) is 2.62. The van der Waals surface area contributed by atoms with Gasteiger partial charge in [0.1, 0.15) is 11.5 Å². The van der Waals surface area contributed by atoms with Gasteiger partial charge in [-0.2, -0.15) is 0 Å². The van der Waals surface area contributed by atoms with Gasteiger partial charge in [-0.05, 0) is 52.4 Å². The van der Waals surface area contributed by atoms with E-state index in [1.165, 1.54) is 14.7 Å². The van der Waals surface area contributed by atoms with Crippen LogP contribution in [0.3, 0.4) is 0 Å². The Bertz CT molecular complexity index is 523. The summed E-state index contributed by atoms with van der Waals surface area (Å²) in [6, 6.07) is 14.1. The Hall–Kier alpha value is -1.23. The Balaban J connectivity index is 0.000000127. The molecule has 0 bridgehead atoms. The maximum atomic E-state index is 4.99. The molecule has 1 aromatic rings. The van der Waals surface area contributed by atoms with Crippen LogP contribution in [0, 0.1) is 3.57 Å². The molecule has 0 aliphatic heterocycles. The van der Waals surface area contributed by atoms with Gasteiger partial charge in [-0.3, -0.25) is 0 Å². The lowest BCUT2D eigenvalue weighted by Gasteiger charge is -2.18. The van der Waals surface area contributed by atoms with Gasteiger partial charge in [-0.15, -0.1) is 0 Å². The lowest BCUT2D eigenvalue weighted by atomic mass is 9.92. The van der Waals surface area contributed by atoms with Crippen LogP contribution in [0.2, 0.25) is 0 Å². The van der Waals surface area contributed by atoms with Crippen molar-refractivity contribution >= 4 is 22.6 Å². The van der Waals surface area contributed by atoms with E-state index in [2.05, 4.69) is 34.7 Å². The Kier molecular flexibility index (Phi) is 3.89. The molecular formula is C14H13IO2. The molecule has 2 aliphatic rings. The zero-order valence-electron chi connectivity index (χ0n) is 9.74. The van der Waals surface area contributed by atoms with Crippen LogP contribution in [0.1, 0.15) is 0 Å². The van der Waals surface area contributed by atoms with Crippen LogP contribution in [0.5, 0.6) is 11.5 Å². The van der Waals surface area contributed by atoms with Gasteiger partial charge in [-0.25, -0.2) is 0 Å². The summed E-state index contributed by atoms with van der Waals surface area (Å²) in [5.74, 6) is 1.95. The zero-order valence-corrected chi connectivity index (χ0v) is 11.9. The molecule has 0 amide bonds. The predicted octanol–water partition coefficient (Wildman–Crippen LogP) is 3.98. The molecule has 0 spiro atoms. The Morgan fingerprint density at radius 1 is 0.941 bits per heavy atom. The second-order valence-corrected chi connectivity index (χ2v) is 4.82. The van der Waals surface area contributed by atoms with E-state index in [-0.39, 0.29) is 0 Å². The SMILES string of the molecule is COc1cc2ccc1-2.COc1cccc(I)c1. The summed E-state index contributed by atoms with van der Waals surface area (Å²) < 4.78 is 11.2. The molecule has 1 aromatic carbocycles. The van der Waals surface area contributed by atoms with Crippen LogP contribution in [-0.2, 0) is 0 Å². The van der Waals surface area contributed by atoms with Gasteiger partial charge in [-0.1, -0.05) is 18.2 Å². The molecule has 0 N–H and O–H groups in total. The monoisotopic (exact) mass is 340 g/mol. The number of ether oxygens (including phenoxy) is 2. The van der Waals surface area contributed by atoms with Crippen molar-refractivity contribution in [2.75, 3.05) is 14.2 Å². The van der Waals surface area contributed by atoms with E-state index in [9.17, 15) is 0 Å². The maximum Gasteiger partial charge on any atom is 0.127 e. The quantitative estimate of drug-likeness (QED) is 0.657. The molecule has 0 fully saturated rings. The molecule has 0 heterocycles. The highest BCUT2D eigenvalue weighted by molar-refractivity contribution is 14.1. The van der Waals surface area contributed by atoms with Crippen molar-refractivity contribution in [3.05, 3.63) is 46.0 Å². The van der Waals surface area contributed by atoms with E-state index >= 15 is 0 Å². The molecule has 2 nitrogen and oxygen atoms in total. The molecule has 0 radical (unpaired) electrons. The second-order valence-electron chi connectivity index (χ2n) is 3.58. The molecule has 3 heteroatoms. The normalized spacial score (nSPS) is 10.1. The summed E-state index contributed by atoms with van der Waals surface area (Å²) in [5, 5.41) is 0. The first-order chi connectivity index (χ1) is 8.24. The van der Waals surface area contributed by atoms with Crippen LogP contribution in [0.4, 0.5) is 0 Å². The van der Waals surface area contributed by atoms with Crippen molar-refractivity contribution in [3.63, 3.8) is 0 Å². The molecule has 2 aliphatic carbocycles. The fourth-order valence-electron chi connectivity index (χ4n) is 1.52. The average Bonchev–Trinajstić information content (AvgIpc) is 2.33. The Labute approximate surface area is 115 Å². The third-order valence-electron chi connectivity index (χ3n) is 2.54. The average molecular weight is 340 g/mol. The lowest BCUT2D eigenvalue weighted by molar-refractivity contribution is 0.412. The minimum atomic E-state index is 0.918. The van der Waals surface area contributed by atoms with Crippen molar-refractivity contribution in [1.82, 2.24) is 0 Å². The van der Waals surface area contributed by atoms with E-state index < -0.39 is 0 Å². The standard InChI is InChI=1S/C7H7IO.C7H6O/c1-9-7-4-2-3-6(8)5-7;1-8-7-4-5-2-3-6(5)7/h2-5H,1H3;2-4H,1H3. The van der Waals surface area contributed by atoms with Crippen molar-refractivity contribution in [3.8, 4) is 22.6 Å². The van der Waals surface area contributed by atoms with Crippen molar-refractivity contribution in [1.29, 1.82) is 0 Å². The van der Waals surface area contributed by atoms with E-state index in [1.54, 1.807) is 14.2 Å². The summed E-state index contributed by atoms with van der Waals surface area (Å²) in [6.07, 6.45) is 0. The summed E-state index contributed by atoms with van der Waals surface area (Å²) >= 11 is 2.25. The fraction of sp³-hybridized carbons (Fsp3) is 0.143. The van der Waals surface area contributed by atoms with Crippen molar-refractivity contribution in [2.24, 2.45) is 0 Å². The first-order valence-electron chi connectivity index (χ1n) is 5.22. The van der Waals surface area contributed by atoms with Gasteiger partial charge < -0.3 is 9.47 Å². The highest BCUT2D eigenvalue weighted by atomic mass is 127. The van der Waals surface area contributed by atoms with Crippen molar-refractivity contribution in [2.45, 2.75) is 0 Å². The van der Waals surface area contributed by atoms with Crippen LogP contribution in [0.15, 0.2) is 42.5 Å². The van der Waals surface area contributed by atoms with Crippen LogP contribution in [0.25, 0.3) is 11.1 Å². The van der Waals surface area contributed by atoms with E-state index in [4.69, 9.17) is 9.47 Å². The molecule has 0 unspecified atom stereocenters. The zero-order chi connectivity index (χ0) is 12.3. The van der Waals surface area contributed by atoms with Gasteiger partial charge in [0.15, 0.2) is 0 Å². The molecule has 3 rings (SSSR count). The third kappa shape index (κ3) is 2.72. The predicted molar refractivity (Wildman–Crippen MR) is 77.7 cm³/mol. The second kappa shape index (κ2) is 5.40. The largest absolute Gasteiger partial charge is 0.497 e. The number of methoxy groups -OCH3 is 2. The van der Waals surface area contributed by atoms with E-state index in [1.807, 2.05) is 30.3 Å². The molecule has 0 atom stereocenters. The smallest absolute Gasteiger partial charge is 0.127 e. The lowest BCUT2D eigenvalue weighted by Crippen LogP contribution is -1.96. The minimum Gasteiger partial charge on any atom is -0.497 e. The van der Waals surface area contributed by atoms with Gasteiger partial charge >= 0.3 is 0 Å².